The smallest absolute Gasteiger partial charge is 0.352 e. The number of carboxylic acid groups (broad SMARTS) is 1. The number of fused-ring (bicyclic) bond motifs is 3. The van der Waals surface area contributed by atoms with Crippen molar-refractivity contribution in [3.05, 3.63) is 64.3 Å². The number of rotatable bonds is 10. The lowest BCUT2D eigenvalue weighted by molar-refractivity contribution is -0.142. The third-order valence-corrected chi connectivity index (χ3v) is 8.58. The van der Waals surface area contributed by atoms with Gasteiger partial charge in [-0.15, -0.1) is 0 Å². The van der Waals surface area contributed by atoms with Crippen molar-refractivity contribution in [3.8, 4) is 11.5 Å². The molecule has 0 saturated heterocycles. The van der Waals surface area contributed by atoms with Crippen LogP contribution in [0.15, 0.2) is 58.7 Å². The molecule has 6 heteroatoms. The van der Waals surface area contributed by atoms with Gasteiger partial charge >= 0.3 is 5.97 Å². The summed E-state index contributed by atoms with van der Waals surface area (Å²) in [6, 6.07) is 14.7. The number of carbonyl (C=O) groups excluding carboxylic acids is 1. The topological polar surface area (TPSA) is 75.6 Å². The maximum Gasteiger partial charge on any atom is 0.352 e. The first kappa shape index (κ1) is 25.5. The summed E-state index contributed by atoms with van der Waals surface area (Å²) >= 11 is 3.46. The summed E-state index contributed by atoms with van der Waals surface area (Å²) in [5.41, 5.74) is 0.569. The molecule has 1 amide bonds. The highest BCUT2D eigenvalue weighted by Gasteiger charge is 2.52. The summed E-state index contributed by atoms with van der Waals surface area (Å²) in [6.07, 6.45) is 12.4. The van der Waals surface area contributed by atoms with E-state index in [0.717, 1.165) is 43.0 Å². The Morgan fingerprint density at radius 3 is 2.26 bits per heavy atom. The lowest BCUT2D eigenvalue weighted by Crippen LogP contribution is -2.50. The Balaban J connectivity index is 1.40. The van der Waals surface area contributed by atoms with E-state index in [1.807, 2.05) is 24.3 Å². The number of halogens is 1. The SMILES string of the molecule is CCCCCC12CCC(C(=O)N/C(=C\c3ccc(Oc4ccccc4Br)cc3)C(=O)O)(CC1)CC2. The third kappa shape index (κ3) is 5.97. The quantitative estimate of drug-likeness (QED) is 0.239. The van der Waals surface area contributed by atoms with Crippen molar-refractivity contribution in [2.75, 3.05) is 0 Å². The second-order valence-electron chi connectivity index (χ2n) is 10.2. The Kier molecular flexibility index (Phi) is 8.00. The van der Waals surface area contributed by atoms with Crippen molar-refractivity contribution in [1.29, 1.82) is 0 Å². The van der Waals surface area contributed by atoms with Crippen LogP contribution in [0.4, 0.5) is 0 Å². The van der Waals surface area contributed by atoms with Crippen LogP contribution in [0.1, 0.15) is 76.7 Å². The van der Waals surface area contributed by atoms with Crippen LogP contribution in [-0.2, 0) is 9.59 Å². The minimum atomic E-state index is -1.14. The molecule has 3 aliphatic rings. The second kappa shape index (κ2) is 11.0. The Hall–Kier alpha value is -2.60. The molecule has 0 radical (unpaired) electrons. The summed E-state index contributed by atoms with van der Waals surface area (Å²) in [5, 5.41) is 12.5. The lowest BCUT2D eigenvalue weighted by Gasteiger charge is -2.52. The fourth-order valence-corrected chi connectivity index (χ4v) is 5.95. The number of aliphatic carboxylic acids is 1. The molecule has 35 heavy (non-hydrogen) atoms. The number of hydrogen-bond acceptors (Lipinski definition) is 3. The highest BCUT2D eigenvalue weighted by Crippen LogP contribution is 2.59. The summed E-state index contributed by atoms with van der Waals surface area (Å²) in [6.45, 7) is 2.23. The van der Waals surface area contributed by atoms with E-state index in [1.54, 1.807) is 24.3 Å². The highest BCUT2D eigenvalue weighted by molar-refractivity contribution is 9.10. The van der Waals surface area contributed by atoms with Gasteiger partial charge in [0.05, 0.1) is 4.47 Å². The number of carboxylic acids is 1. The average molecular weight is 540 g/mol. The zero-order chi connectivity index (χ0) is 24.9. The first-order valence-corrected chi connectivity index (χ1v) is 13.4. The molecule has 3 saturated carbocycles. The van der Waals surface area contributed by atoms with Gasteiger partial charge < -0.3 is 15.2 Å². The van der Waals surface area contributed by atoms with Crippen molar-refractivity contribution >= 4 is 33.9 Å². The molecule has 3 aliphatic carbocycles. The van der Waals surface area contributed by atoms with Crippen LogP contribution in [0.5, 0.6) is 11.5 Å². The molecule has 3 fully saturated rings. The minimum absolute atomic E-state index is 0.0887. The van der Waals surface area contributed by atoms with Crippen LogP contribution in [-0.4, -0.2) is 17.0 Å². The summed E-state index contributed by atoms with van der Waals surface area (Å²) in [4.78, 5) is 25.3. The fraction of sp³-hybridized carbons (Fsp3) is 0.448. The molecule has 5 rings (SSSR count). The molecule has 2 N–H and O–H groups in total. The Labute approximate surface area is 216 Å². The van der Waals surface area contributed by atoms with Gasteiger partial charge in [-0.05, 0) is 102 Å². The van der Waals surface area contributed by atoms with E-state index < -0.39 is 11.4 Å². The maximum absolute atomic E-state index is 13.3. The van der Waals surface area contributed by atoms with Gasteiger partial charge in [-0.3, -0.25) is 4.79 Å². The Morgan fingerprint density at radius 1 is 1.00 bits per heavy atom. The van der Waals surface area contributed by atoms with Crippen molar-refractivity contribution in [2.45, 2.75) is 71.1 Å². The fourth-order valence-electron chi connectivity index (χ4n) is 5.59. The standard InChI is InChI=1S/C29H34BrNO4/c1-2-3-6-13-28-14-17-29(18-15-28,19-16-28)27(34)31-24(26(32)33)20-21-9-11-22(12-10-21)35-25-8-5-4-7-23(25)30/h4-5,7-12,20H,2-3,6,13-19H2,1H3,(H,31,34)(H,32,33)/b24-20-. The first-order valence-electron chi connectivity index (χ1n) is 12.6. The lowest BCUT2D eigenvalue weighted by atomic mass is 9.52. The Bertz CT molecular complexity index is 1070. The van der Waals surface area contributed by atoms with Gasteiger partial charge in [0.2, 0.25) is 5.91 Å². The molecule has 0 aromatic heterocycles. The molecular formula is C29H34BrNO4. The van der Waals surface area contributed by atoms with Crippen molar-refractivity contribution in [2.24, 2.45) is 10.8 Å². The van der Waals surface area contributed by atoms with E-state index in [1.165, 1.54) is 31.8 Å². The van der Waals surface area contributed by atoms with Crippen LogP contribution in [0.3, 0.4) is 0 Å². The molecule has 0 heterocycles. The molecule has 0 atom stereocenters. The number of benzene rings is 2. The van der Waals surface area contributed by atoms with Crippen LogP contribution >= 0.6 is 15.9 Å². The number of carbonyl (C=O) groups is 2. The summed E-state index contributed by atoms with van der Waals surface area (Å²) < 4.78 is 6.73. The van der Waals surface area contributed by atoms with Gasteiger partial charge in [0.15, 0.2) is 0 Å². The molecule has 0 aliphatic heterocycles. The van der Waals surface area contributed by atoms with Crippen LogP contribution < -0.4 is 10.1 Å². The molecular weight excluding hydrogens is 506 g/mol. The minimum Gasteiger partial charge on any atom is -0.477 e. The molecule has 2 bridgehead atoms. The van der Waals surface area contributed by atoms with Crippen molar-refractivity contribution in [3.63, 3.8) is 0 Å². The zero-order valence-corrected chi connectivity index (χ0v) is 21.9. The molecule has 0 spiro atoms. The van der Waals surface area contributed by atoms with Gasteiger partial charge in [-0.2, -0.15) is 0 Å². The van der Waals surface area contributed by atoms with Crippen molar-refractivity contribution < 1.29 is 19.4 Å². The Morgan fingerprint density at radius 2 is 1.66 bits per heavy atom. The third-order valence-electron chi connectivity index (χ3n) is 7.93. The molecule has 2 aromatic carbocycles. The largest absolute Gasteiger partial charge is 0.477 e. The number of para-hydroxylation sites is 1. The number of nitrogens with one attached hydrogen (secondary N) is 1. The van der Waals surface area contributed by atoms with Gasteiger partial charge in [0.1, 0.15) is 17.2 Å². The summed E-state index contributed by atoms with van der Waals surface area (Å²) in [7, 11) is 0. The molecule has 186 valence electrons. The summed E-state index contributed by atoms with van der Waals surface area (Å²) in [5.74, 6) is 0.0641. The molecule has 0 unspecified atom stereocenters. The van der Waals surface area contributed by atoms with Crippen LogP contribution in [0.25, 0.3) is 6.08 Å². The van der Waals surface area contributed by atoms with Gasteiger partial charge in [0.25, 0.3) is 0 Å². The van der Waals surface area contributed by atoms with Gasteiger partial charge in [-0.1, -0.05) is 50.5 Å². The molecule has 2 aromatic rings. The van der Waals surface area contributed by atoms with E-state index in [9.17, 15) is 14.7 Å². The van der Waals surface area contributed by atoms with E-state index in [2.05, 4.69) is 28.2 Å². The zero-order valence-electron chi connectivity index (χ0n) is 20.3. The first-order chi connectivity index (χ1) is 16.8. The average Bonchev–Trinajstić information content (AvgIpc) is 2.87. The van der Waals surface area contributed by atoms with E-state index in [-0.39, 0.29) is 11.6 Å². The van der Waals surface area contributed by atoms with Crippen molar-refractivity contribution in [1.82, 2.24) is 5.32 Å². The van der Waals surface area contributed by atoms with E-state index in [4.69, 9.17) is 4.74 Å². The number of ether oxygens (including phenoxy) is 1. The predicted octanol–water partition coefficient (Wildman–Crippen LogP) is 7.70. The predicted molar refractivity (Wildman–Crippen MR) is 141 cm³/mol. The second-order valence-corrected chi connectivity index (χ2v) is 11.0. The van der Waals surface area contributed by atoms with Gasteiger partial charge in [0, 0.05) is 5.41 Å². The number of amides is 1. The van der Waals surface area contributed by atoms with E-state index >= 15 is 0 Å². The van der Waals surface area contributed by atoms with Crippen LogP contribution in [0, 0.1) is 10.8 Å². The number of hydrogen-bond donors (Lipinski definition) is 2. The monoisotopic (exact) mass is 539 g/mol. The van der Waals surface area contributed by atoms with Crippen LogP contribution in [0.2, 0.25) is 0 Å². The number of unbranched alkanes of at least 4 members (excludes halogenated alkanes) is 2. The maximum atomic E-state index is 13.3. The normalized spacial score (nSPS) is 23.7. The highest BCUT2D eigenvalue weighted by atomic mass is 79.9. The molecule has 5 nitrogen and oxygen atoms in total. The van der Waals surface area contributed by atoms with E-state index in [0.29, 0.717) is 22.5 Å². The van der Waals surface area contributed by atoms with Gasteiger partial charge in [-0.25, -0.2) is 4.79 Å².